The second-order valence-corrected chi connectivity index (χ2v) is 12.3. The van der Waals surface area contributed by atoms with Crippen molar-refractivity contribution in [3.8, 4) is 0 Å². The van der Waals surface area contributed by atoms with Crippen LogP contribution in [0.4, 0.5) is 0 Å². The molecule has 2 N–H and O–H groups in total. The van der Waals surface area contributed by atoms with Crippen LogP contribution < -0.4 is 10.6 Å². The Morgan fingerprint density at radius 3 is 2.51 bits per heavy atom. The highest BCUT2D eigenvalue weighted by Crippen LogP contribution is 2.29. The maximum Gasteiger partial charge on any atom is 0.293 e. The summed E-state index contributed by atoms with van der Waals surface area (Å²) in [4.78, 5) is 45.0. The maximum atomic E-state index is 14.1. The zero-order valence-electron chi connectivity index (χ0n) is 24.2. The van der Waals surface area contributed by atoms with Gasteiger partial charge in [-0.05, 0) is 54.5 Å². The van der Waals surface area contributed by atoms with Crippen molar-refractivity contribution in [1.29, 1.82) is 0 Å². The van der Waals surface area contributed by atoms with Crippen molar-refractivity contribution in [1.82, 2.24) is 25.6 Å². The van der Waals surface area contributed by atoms with Gasteiger partial charge in [-0.3, -0.25) is 14.4 Å². The number of aromatic nitrogens is 1. The summed E-state index contributed by atoms with van der Waals surface area (Å²) in [5.41, 5.74) is 3.24. The van der Waals surface area contributed by atoms with Gasteiger partial charge in [-0.25, -0.2) is 0 Å². The Balaban J connectivity index is 1.18. The van der Waals surface area contributed by atoms with Gasteiger partial charge in [-0.15, -0.1) is 0 Å². The van der Waals surface area contributed by atoms with E-state index >= 15 is 0 Å². The first-order chi connectivity index (χ1) is 21.0. The van der Waals surface area contributed by atoms with E-state index in [-0.39, 0.29) is 35.6 Å². The second-order valence-electron chi connectivity index (χ2n) is 11.9. The quantitative estimate of drug-likeness (QED) is 0.401. The third-order valence-corrected chi connectivity index (χ3v) is 9.34. The molecule has 226 valence electrons. The Bertz CT molecular complexity index is 1420. The minimum atomic E-state index is -0.750. The maximum absolute atomic E-state index is 14.1. The van der Waals surface area contributed by atoms with Crippen LogP contribution in [0.5, 0.6) is 0 Å². The van der Waals surface area contributed by atoms with Crippen LogP contribution in [0.25, 0.3) is 0 Å². The van der Waals surface area contributed by atoms with E-state index < -0.39 is 12.1 Å². The van der Waals surface area contributed by atoms with E-state index in [1.54, 1.807) is 23.1 Å². The minimum absolute atomic E-state index is 0.108. The van der Waals surface area contributed by atoms with E-state index in [0.29, 0.717) is 43.9 Å². The first-order valence-corrected chi connectivity index (χ1v) is 15.7. The molecule has 9 nitrogen and oxygen atoms in total. The van der Waals surface area contributed by atoms with Crippen molar-refractivity contribution in [3.05, 3.63) is 88.3 Å². The van der Waals surface area contributed by atoms with Crippen molar-refractivity contribution in [2.75, 3.05) is 13.1 Å². The van der Waals surface area contributed by atoms with Gasteiger partial charge in [0.15, 0.2) is 0 Å². The summed E-state index contributed by atoms with van der Waals surface area (Å²) in [7, 11) is 0. The normalized spacial score (nSPS) is 21.2. The largest absolute Gasteiger partial charge is 0.351 e. The van der Waals surface area contributed by atoms with Crippen LogP contribution in [0.2, 0.25) is 5.02 Å². The fourth-order valence-electron chi connectivity index (χ4n) is 6.80. The molecule has 2 fully saturated rings. The summed E-state index contributed by atoms with van der Waals surface area (Å²) < 4.78 is 5.25. The van der Waals surface area contributed by atoms with Gasteiger partial charge in [0, 0.05) is 43.2 Å². The van der Waals surface area contributed by atoms with Gasteiger partial charge in [0.25, 0.3) is 5.91 Å². The van der Waals surface area contributed by atoms with E-state index in [4.69, 9.17) is 16.1 Å². The van der Waals surface area contributed by atoms with E-state index in [1.807, 2.05) is 29.2 Å². The predicted octanol–water partition coefficient (Wildman–Crippen LogP) is 4.15. The molecule has 3 aliphatic rings. The summed E-state index contributed by atoms with van der Waals surface area (Å²) in [6.45, 7) is 1.53. The molecule has 43 heavy (non-hydrogen) atoms. The summed E-state index contributed by atoms with van der Waals surface area (Å²) in [6.07, 6.45) is 8.28. The van der Waals surface area contributed by atoms with E-state index in [9.17, 15) is 14.4 Å². The van der Waals surface area contributed by atoms with Gasteiger partial charge < -0.3 is 25.0 Å². The lowest BCUT2D eigenvalue weighted by atomic mass is 9.92. The highest BCUT2D eigenvalue weighted by Gasteiger charge is 2.40. The number of rotatable bonds is 8. The SMILES string of the molecule is O=C(N[C@H](Cc1ccc(Cl)cc1)C(=O)N1CCC(N(C(=O)c2ccno2)C2CCCCC2)C1)[C@H]1Cc2ccccc2CN1. The standard InChI is InChI=1S/C33H38ClN5O4/c34-25-12-10-22(11-13-25)18-29(37-31(40)28-19-23-6-4-5-7-24(23)20-35-28)32(41)38-17-15-27(21-38)39(26-8-2-1-3-9-26)33(42)30-14-16-36-43-30/h4-7,10-14,16,26-29,35H,1-3,8-9,15,17-21H2,(H,37,40)/t27?,28-,29-/m1/s1. The summed E-state index contributed by atoms with van der Waals surface area (Å²) in [6, 6.07) is 15.9. The zero-order valence-corrected chi connectivity index (χ0v) is 25.0. The van der Waals surface area contributed by atoms with E-state index in [1.165, 1.54) is 18.2 Å². The van der Waals surface area contributed by atoms with Gasteiger partial charge in [-0.2, -0.15) is 0 Å². The molecule has 0 spiro atoms. The molecule has 1 aromatic heterocycles. The number of benzene rings is 2. The molecule has 2 aliphatic heterocycles. The number of fused-ring (bicyclic) bond motifs is 1. The number of amides is 3. The van der Waals surface area contributed by atoms with E-state index in [0.717, 1.165) is 36.8 Å². The monoisotopic (exact) mass is 603 g/mol. The second kappa shape index (κ2) is 13.3. The fourth-order valence-corrected chi connectivity index (χ4v) is 6.93. The first kappa shape index (κ1) is 29.4. The number of carbonyl (C=O) groups is 3. The molecule has 10 heteroatoms. The van der Waals surface area contributed by atoms with Crippen molar-refractivity contribution < 1.29 is 18.9 Å². The average molecular weight is 604 g/mol. The summed E-state index contributed by atoms with van der Waals surface area (Å²) >= 11 is 6.12. The molecule has 1 saturated carbocycles. The molecule has 1 saturated heterocycles. The Hall–Kier alpha value is -3.69. The Labute approximate surface area is 256 Å². The molecule has 3 aromatic rings. The molecular formula is C33H38ClN5O4. The third-order valence-electron chi connectivity index (χ3n) is 9.09. The summed E-state index contributed by atoms with van der Waals surface area (Å²) in [5.74, 6) is -0.275. The van der Waals surface area contributed by atoms with Crippen LogP contribution in [0.15, 0.2) is 65.3 Å². The molecular weight excluding hydrogens is 566 g/mol. The number of hydrogen-bond acceptors (Lipinski definition) is 6. The van der Waals surface area contributed by atoms with Crippen LogP contribution in [0.1, 0.15) is 65.8 Å². The lowest BCUT2D eigenvalue weighted by Gasteiger charge is -2.38. The van der Waals surface area contributed by atoms with Crippen LogP contribution in [0, 0.1) is 0 Å². The fraction of sp³-hybridized carbons (Fsp3) is 0.455. The van der Waals surface area contributed by atoms with Crippen LogP contribution in [0.3, 0.4) is 0 Å². The Kier molecular flexibility index (Phi) is 9.09. The molecule has 6 rings (SSSR count). The molecule has 1 aliphatic carbocycles. The number of halogens is 1. The van der Waals surface area contributed by atoms with Crippen LogP contribution in [-0.2, 0) is 29.0 Å². The summed E-state index contributed by atoms with van der Waals surface area (Å²) in [5, 5.41) is 10.8. The number of nitrogens with zero attached hydrogens (tertiary/aromatic N) is 3. The van der Waals surface area contributed by atoms with Gasteiger partial charge >= 0.3 is 0 Å². The molecule has 1 unspecified atom stereocenters. The molecule has 0 bridgehead atoms. The highest BCUT2D eigenvalue weighted by atomic mass is 35.5. The number of carbonyl (C=O) groups excluding carboxylic acids is 3. The van der Waals surface area contributed by atoms with Crippen LogP contribution in [-0.4, -0.2) is 69.9 Å². The number of hydrogen-bond donors (Lipinski definition) is 2. The number of likely N-dealkylation sites (tertiary alicyclic amines) is 1. The average Bonchev–Trinajstić information content (AvgIpc) is 3.75. The number of nitrogens with one attached hydrogen (secondary N) is 2. The minimum Gasteiger partial charge on any atom is -0.351 e. The van der Waals surface area contributed by atoms with E-state index in [2.05, 4.69) is 27.9 Å². The lowest BCUT2D eigenvalue weighted by molar-refractivity contribution is -0.136. The zero-order chi connectivity index (χ0) is 29.8. The van der Waals surface area contributed by atoms with Gasteiger partial charge in [0.1, 0.15) is 6.04 Å². The van der Waals surface area contributed by atoms with Gasteiger partial charge in [0.05, 0.1) is 18.3 Å². The van der Waals surface area contributed by atoms with Crippen molar-refractivity contribution in [3.63, 3.8) is 0 Å². The molecule has 3 amide bonds. The Morgan fingerprint density at radius 2 is 1.77 bits per heavy atom. The van der Waals surface area contributed by atoms with Crippen molar-refractivity contribution in [2.45, 2.75) is 82.1 Å². The van der Waals surface area contributed by atoms with Crippen molar-refractivity contribution >= 4 is 29.3 Å². The van der Waals surface area contributed by atoms with Gasteiger partial charge in [-0.1, -0.05) is 72.4 Å². The Morgan fingerprint density at radius 1 is 1.00 bits per heavy atom. The van der Waals surface area contributed by atoms with Gasteiger partial charge in [0.2, 0.25) is 17.6 Å². The molecule has 2 aromatic carbocycles. The molecule has 3 atom stereocenters. The lowest BCUT2D eigenvalue weighted by Crippen LogP contribution is -2.56. The smallest absolute Gasteiger partial charge is 0.293 e. The predicted molar refractivity (Wildman–Crippen MR) is 162 cm³/mol. The molecule has 0 radical (unpaired) electrons. The topological polar surface area (TPSA) is 108 Å². The third kappa shape index (κ3) is 6.78. The van der Waals surface area contributed by atoms with Crippen LogP contribution >= 0.6 is 11.6 Å². The van der Waals surface area contributed by atoms with Crippen molar-refractivity contribution in [2.24, 2.45) is 0 Å². The first-order valence-electron chi connectivity index (χ1n) is 15.3. The highest BCUT2D eigenvalue weighted by molar-refractivity contribution is 6.30. The molecule has 3 heterocycles.